The molecular formula is C11H17F3N2O2. The Labute approximate surface area is 103 Å². The molecule has 1 atom stereocenters. The molecule has 1 unspecified atom stereocenters. The monoisotopic (exact) mass is 266 g/mol. The smallest absolute Gasteiger partial charge is 0.379 e. The summed E-state index contributed by atoms with van der Waals surface area (Å²) in [6.45, 7) is -0.740. The molecule has 1 saturated heterocycles. The van der Waals surface area contributed by atoms with E-state index in [0.717, 1.165) is 24.2 Å². The van der Waals surface area contributed by atoms with Gasteiger partial charge in [-0.2, -0.15) is 13.2 Å². The zero-order valence-corrected chi connectivity index (χ0v) is 9.96. The van der Waals surface area contributed by atoms with Gasteiger partial charge in [-0.25, -0.2) is 0 Å². The van der Waals surface area contributed by atoms with E-state index in [1.165, 1.54) is 0 Å². The minimum absolute atomic E-state index is 0.0646. The maximum Gasteiger partial charge on any atom is 0.419 e. The maximum atomic E-state index is 12.6. The molecule has 7 heteroatoms. The molecule has 18 heavy (non-hydrogen) atoms. The van der Waals surface area contributed by atoms with E-state index in [0.29, 0.717) is 0 Å². The van der Waals surface area contributed by atoms with Gasteiger partial charge in [0.2, 0.25) is 5.91 Å². The highest BCUT2D eigenvalue weighted by Gasteiger charge is 2.58. The van der Waals surface area contributed by atoms with Crippen LogP contribution in [0.4, 0.5) is 13.2 Å². The summed E-state index contributed by atoms with van der Waals surface area (Å²) in [4.78, 5) is 12.9. The molecule has 4 nitrogen and oxygen atoms in total. The number of aliphatic hydroxyl groups is 1. The molecule has 104 valence electrons. The Bertz CT molecular complexity index is 355. The van der Waals surface area contributed by atoms with E-state index in [9.17, 15) is 23.1 Å². The molecular weight excluding hydrogens is 249 g/mol. The minimum Gasteiger partial charge on any atom is -0.379 e. The molecule has 0 aromatic heterocycles. The summed E-state index contributed by atoms with van der Waals surface area (Å²) in [7, 11) is 0. The number of alkyl halides is 3. The summed E-state index contributed by atoms with van der Waals surface area (Å²) in [5, 5.41) is 9.47. The molecule has 1 amide bonds. The summed E-state index contributed by atoms with van der Waals surface area (Å²) < 4.78 is 37.8. The predicted molar refractivity (Wildman–Crippen MR) is 57.6 cm³/mol. The molecule has 0 radical (unpaired) electrons. The Balaban J connectivity index is 1.94. The Morgan fingerprint density at radius 2 is 1.94 bits per heavy atom. The van der Waals surface area contributed by atoms with Crippen molar-refractivity contribution in [2.24, 2.45) is 5.73 Å². The Morgan fingerprint density at radius 3 is 2.33 bits per heavy atom. The number of rotatable bonds is 2. The topological polar surface area (TPSA) is 66.6 Å². The van der Waals surface area contributed by atoms with Gasteiger partial charge in [0.25, 0.3) is 0 Å². The summed E-state index contributed by atoms with van der Waals surface area (Å²) in [5.74, 6) is -0.391. The van der Waals surface area contributed by atoms with E-state index in [1.54, 1.807) is 0 Å². The number of hydrogen-bond donors (Lipinski definition) is 2. The van der Waals surface area contributed by atoms with Crippen LogP contribution < -0.4 is 5.73 Å². The van der Waals surface area contributed by atoms with Crippen LogP contribution in [0.25, 0.3) is 0 Å². The number of amides is 1. The highest BCUT2D eigenvalue weighted by Crippen LogP contribution is 2.39. The van der Waals surface area contributed by atoms with Crippen molar-refractivity contribution < 1.29 is 23.1 Å². The summed E-state index contributed by atoms with van der Waals surface area (Å²) in [6.07, 6.45) is -2.66. The molecule has 0 aromatic carbocycles. The lowest BCUT2D eigenvalue weighted by Gasteiger charge is -2.38. The van der Waals surface area contributed by atoms with Gasteiger partial charge in [0.15, 0.2) is 5.60 Å². The average Bonchev–Trinajstić information content (AvgIpc) is 2.59. The summed E-state index contributed by atoms with van der Waals surface area (Å²) >= 11 is 0. The van der Waals surface area contributed by atoms with Crippen molar-refractivity contribution >= 4 is 5.91 Å². The molecule has 0 aromatic rings. The average molecular weight is 266 g/mol. The van der Waals surface area contributed by atoms with Gasteiger partial charge in [0.1, 0.15) is 0 Å². The predicted octanol–water partition coefficient (Wildman–Crippen LogP) is 0.784. The SMILES string of the molecule is NC1(CC(=O)N2CCC(O)(C(F)(F)F)C2)CCC1. The first-order chi connectivity index (χ1) is 8.15. The van der Waals surface area contributed by atoms with Crippen molar-refractivity contribution in [3.05, 3.63) is 0 Å². The van der Waals surface area contributed by atoms with E-state index >= 15 is 0 Å². The van der Waals surface area contributed by atoms with Crippen LogP contribution in [0.2, 0.25) is 0 Å². The molecule has 1 aliphatic carbocycles. The van der Waals surface area contributed by atoms with Crippen LogP contribution in [0.1, 0.15) is 32.1 Å². The van der Waals surface area contributed by atoms with Crippen LogP contribution >= 0.6 is 0 Å². The summed E-state index contributed by atoms with van der Waals surface area (Å²) in [6, 6.07) is 0. The fourth-order valence-corrected chi connectivity index (χ4v) is 2.46. The Hall–Kier alpha value is -0.820. The third-order valence-corrected chi connectivity index (χ3v) is 3.98. The second-order valence-corrected chi connectivity index (χ2v) is 5.49. The van der Waals surface area contributed by atoms with E-state index in [-0.39, 0.29) is 13.0 Å². The number of nitrogens with two attached hydrogens (primary N) is 1. The van der Waals surface area contributed by atoms with Gasteiger partial charge in [0.05, 0.1) is 6.54 Å². The van der Waals surface area contributed by atoms with Crippen LogP contribution in [0, 0.1) is 0 Å². The van der Waals surface area contributed by atoms with Crippen LogP contribution in [0.15, 0.2) is 0 Å². The van der Waals surface area contributed by atoms with Crippen molar-refractivity contribution in [3.8, 4) is 0 Å². The first kappa shape index (κ1) is 13.6. The van der Waals surface area contributed by atoms with Gasteiger partial charge in [-0.3, -0.25) is 4.79 Å². The van der Waals surface area contributed by atoms with Crippen molar-refractivity contribution in [2.75, 3.05) is 13.1 Å². The maximum absolute atomic E-state index is 12.6. The minimum atomic E-state index is -4.70. The largest absolute Gasteiger partial charge is 0.419 e. The zero-order chi connectivity index (χ0) is 13.6. The number of carbonyl (C=O) groups is 1. The Kier molecular flexibility index (Phi) is 3.09. The fourth-order valence-electron chi connectivity index (χ4n) is 2.46. The molecule has 2 rings (SSSR count). The van der Waals surface area contributed by atoms with Crippen LogP contribution in [-0.2, 0) is 4.79 Å². The first-order valence-corrected chi connectivity index (χ1v) is 6.01. The number of carbonyl (C=O) groups excluding carboxylic acids is 1. The van der Waals surface area contributed by atoms with Gasteiger partial charge < -0.3 is 15.7 Å². The van der Waals surface area contributed by atoms with Gasteiger partial charge in [-0.15, -0.1) is 0 Å². The van der Waals surface area contributed by atoms with Gasteiger partial charge in [0, 0.05) is 24.9 Å². The van der Waals surface area contributed by atoms with E-state index in [4.69, 9.17) is 5.73 Å². The normalized spacial score (nSPS) is 31.3. The Morgan fingerprint density at radius 1 is 1.33 bits per heavy atom. The zero-order valence-electron chi connectivity index (χ0n) is 9.96. The molecule has 3 N–H and O–H groups in total. The lowest BCUT2D eigenvalue weighted by atomic mass is 9.75. The lowest BCUT2D eigenvalue weighted by molar-refractivity contribution is -0.253. The highest BCUT2D eigenvalue weighted by atomic mass is 19.4. The number of halogens is 3. The van der Waals surface area contributed by atoms with Crippen molar-refractivity contribution in [3.63, 3.8) is 0 Å². The van der Waals surface area contributed by atoms with Crippen LogP contribution in [-0.4, -0.2) is 46.3 Å². The molecule has 1 aliphatic heterocycles. The fraction of sp³-hybridized carbons (Fsp3) is 0.909. The third kappa shape index (κ3) is 2.33. The first-order valence-electron chi connectivity index (χ1n) is 6.01. The summed E-state index contributed by atoms with van der Waals surface area (Å²) in [5.41, 5.74) is 2.59. The number of likely N-dealkylation sites (tertiary alicyclic amines) is 1. The molecule has 0 bridgehead atoms. The number of hydrogen-bond acceptors (Lipinski definition) is 3. The quantitative estimate of drug-likeness (QED) is 0.776. The lowest BCUT2D eigenvalue weighted by Crippen LogP contribution is -2.52. The van der Waals surface area contributed by atoms with Gasteiger partial charge in [-0.05, 0) is 19.3 Å². The third-order valence-electron chi connectivity index (χ3n) is 3.98. The van der Waals surface area contributed by atoms with E-state index in [2.05, 4.69) is 0 Å². The molecule has 2 aliphatic rings. The molecule has 0 spiro atoms. The second-order valence-electron chi connectivity index (χ2n) is 5.49. The van der Waals surface area contributed by atoms with Crippen molar-refractivity contribution in [1.29, 1.82) is 0 Å². The molecule has 1 heterocycles. The number of β-amino-alcohol motifs (C(OH)–C–C–N with tert-alkyl or cyclic N) is 1. The van der Waals surface area contributed by atoms with E-state index < -0.39 is 36.2 Å². The van der Waals surface area contributed by atoms with Gasteiger partial charge >= 0.3 is 6.18 Å². The van der Waals surface area contributed by atoms with E-state index in [1.807, 2.05) is 0 Å². The second kappa shape index (κ2) is 4.09. The molecule has 1 saturated carbocycles. The standard InChI is InChI=1S/C11H17F3N2O2/c12-11(13,14)10(18)4-5-16(7-10)8(17)6-9(15)2-1-3-9/h18H,1-7,15H2. The van der Waals surface area contributed by atoms with Gasteiger partial charge in [-0.1, -0.05) is 0 Å². The van der Waals surface area contributed by atoms with Crippen molar-refractivity contribution in [1.82, 2.24) is 4.90 Å². The van der Waals surface area contributed by atoms with Crippen molar-refractivity contribution in [2.45, 2.75) is 49.4 Å². The van der Waals surface area contributed by atoms with Crippen LogP contribution in [0.3, 0.4) is 0 Å². The molecule has 2 fully saturated rings. The van der Waals surface area contributed by atoms with Crippen LogP contribution in [0.5, 0.6) is 0 Å². The number of nitrogens with zero attached hydrogens (tertiary/aromatic N) is 1. The highest BCUT2D eigenvalue weighted by molar-refractivity contribution is 5.78.